The number of carbonyl (C=O) groups excluding carboxylic acids is 1. The number of nitrogens with one attached hydrogen (secondary N) is 1. The Morgan fingerprint density at radius 3 is 2.72 bits per heavy atom. The van der Waals surface area contributed by atoms with E-state index in [4.69, 9.17) is 16.3 Å². The standard InChI is InChI=1S/C27H32ClN3O4S/c1-3-4-7-14-36(33,34)30-27(32)21-11-13-25-26(15-21)31(19(2)29-25)17-22-10-12-23(16-24(22)28)35-18-20-8-5-6-9-20/h7,10-16,20H,3-6,8-9,17-18H2,1-2H3,(H,30,32). The molecule has 0 spiro atoms. The van der Waals surface area contributed by atoms with Gasteiger partial charge >= 0.3 is 0 Å². The van der Waals surface area contributed by atoms with Gasteiger partial charge < -0.3 is 9.30 Å². The Morgan fingerprint density at radius 1 is 1.22 bits per heavy atom. The molecule has 1 aliphatic rings. The van der Waals surface area contributed by atoms with Crippen molar-refractivity contribution in [2.24, 2.45) is 5.92 Å². The summed E-state index contributed by atoms with van der Waals surface area (Å²) in [5, 5.41) is 1.63. The monoisotopic (exact) mass is 529 g/mol. The number of allylic oxidation sites excluding steroid dienone is 1. The number of ether oxygens (including phenoxy) is 1. The zero-order chi connectivity index (χ0) is 25.7. The van der Waals surface area contributed by atoms with Crippen molar-refractivity contribution in [3.8, 4) is 5.75 Å². The van der Waals surface area contributed by atoms with Crippen molar-refractivity contribution in [1.82, 2.24) is 14.3 Å². The fourth-order valence-corrected chi connectivity index (χ4v) is 5.54. The van der Waals surface area contributed by atoms with Crippen LogP contribution in [0.15, 0.2) is 47.9 Å². The third kappa shape index (κ3) is 6.48. The average Bonchev–Trinajstić information content (AvgIpc) is 3.46. The average molecular weight is 530 g/mol. The third-order valence-electron chi connectivity index (χ3n) is 6.48. The fraction of sp³-hybridized carbons (Fsp3) is 0.407. The predicted molar refractivity (Wildman–Crippen MR) is 143 cm³/mol. The Morgan fingerprint density at radius 2 is 2.00 bits per heavy atom. The van der Waals surface area contributed by atoms with Crippen molar-refractivity contribution >= 4 is 38.6 Å². The van der Waals surface area contributed by atoms with Gasteiger partial charge in [-0.3, -0.25) is 4.79 Å². The van der Waals surface area contributed by atoms with Gasteiger partial charge in [0.25, 0.3) is 15.9 Å². The van der Waals surface area contributed by atoms with Crippen LogP contribution in [0.1, 0.15) is 67.2 Å². The molecule has 0 bridgehead atoms. The van der Waals surface area contributed by atoms with E-state index in [2.05, 4.69) is 9.71 Å². The van der Waals surface area contributed by atoms with Crippen molar-refractivity contribution in [3.05, 3.63) is 69.9 Å². The summed E-state index contributed by atoms with van der Waals surface area (Å²) in [6.07, 6.45) is 7.98. The van der Waals surface area contributed by atoms with Gasteiger partial charge in [0.05, 0.1) is 24.2 Å². The molecule has 192 valence electrons. The maximum Gasteiger partial charge on any atom is 0.265 e. The fourth-order valence-electron chi connectivity index (χ4n) is 4.48. The van der Waals surface area contributed by atoms with E-state index in [-0.39, 0.29) is 5.56 Å². The molecule has 9 heteroatoms. The van der Waals surface area contributed by atoms with Crippen LogP contribution in [0.4, 0.5) is 0 Å². The first-order valence-electron chi connectivity index (χ1n) is 12.4. The summed E-state index contributed by atoms with van der Waals surface area (Å²) in [4.78, 5) is 17.3. The Balaban J connectivity index is 1.52. The van der Waals surface area contributed by atoms with Crippen LogP contribution in [0.25, 0.3) is 11.0 Å². The Kier molecular flexibility index (Phi) is 8.36. The van der Waals surface area contributed by atoms with E-state index in [9.17, 15) is 13.2 Å². The maximum atomic E-state index is 12.7. The number of hydrogen-bond donors (Lipinski definition) is 1. The second-order valence-corrected chi connectivity index (χ2v) is 11.3. The lowest BCUT2D eigenvalue weighted by Crippen LogP contribution is -2.28. The quantitative estimate of drug-likeness (QED) is 0.348. The van der Waals surface area contributed by atoms with Crippen LogP contribution in [-0.4, -0.2) is 30.5 Å². The van der Waals surface area contributed by atoms with E-state index in [0.29, 0.717) is 29.4 Å². The summed E-state index contributed by atoms with van der Waals surface area (Å²) in [6, 6.07) is 10.7. The minimum atomic E-state index is -3.86. The highest BCUT2D eigenvalue weighted by Gasteiger charge is 2.18. The molecule has 7 nitrogen and oxygen atoms in total. The van der Waals surface area contributed by atoms with E-state index < -0.39 is 15.9 Å². The molecule has 1 N–H and O–H groups in total. The van der Waals surface area contributed by atoms with Gasteiger partial charge in [-0.15, -0.1) is 0 Å². The number of hydrogen-bond acceptors (Lipinski definition) is 5. The van der Waals surface area contributed by atoms with Crippen molar-refractivity contribution in [2.45, 2.75) is 58.9 Å². The molecule has 1 amide bonds. The number of nitrogens with zero attached hydrogens (tertiary/aromatic N) is 2. The SMILES string of the molecule is CCCC=CS(=O)(=O)NC(=O)c1ccc2nc(C)n(Cc3ccc(OCC4CCCC4)cc3Cl)c2c1. The van der Waals surface area contributed by atoms with Crippen LogP contribution in [0.2, 0.25) is 5.02 Å². The van der Waals surface area contributed by atoms with E-state index in [1.165, 1.54) is 31.8 Å². The third-order valence-corrected chi connectivity index (χ3v) is 7.85. The van der Waals surface area contributed by atoms with Gasteiger partial charge in [-0.1, -0.05) is 49.9 Å². The van der Waals surface area contributed by atoms with Gasteiger partial charge in [0.1, 0.15) is 11.6 Å². The maximum absolute atomic E-state index is 12.7. The minimum Gasteiger partial charge on any atom is -0.493 e. The van der Waals surface area contributed by atoms with Gasteiger partial charge in [0.2, 0.25) is 0 Å². The van der Waals surface area contributed by atoms with Gasteiger partial charge in [-0.2, -0.15) is 0 Å². The molecule has 4 rings (SSSR count). The molecule has 0 radical (unpaired) electrons. The number of aryl methyl sites for hydroxylation is 1. The molecule has 0 aliphatic heterocycles. The molecular formula is C27H32ClN3O4S. The van der Waals surface area contributed by atoms with E-state index in [0.717, 1.165) is 41.1 Å². The minimum absolute atomic E-state index is 0.234. The van der Waals surface area contributed by atoms with Crippen LogP contribution in [0.5, 0.6) is 5.75 Å². The van der Waals surface area contributed by atoms with Crippen LogP contribution < -0.4 is 9.46 Å². The predicted octanol–water partition coefficient (Wildman–Crippen LogP) is 5.99. The van der Waals surface area contributed by atoms with Crippen molar-refractivity contribution in [1.29, 1.82) is 0 Å². The lowest BCUT2D eigenvalue weighted by molar-refractivity contribution is 0.0982. The topological polar surface area (TPSA) is 90.3 Å². The van der Waals surface area contributed by atoms with Gasteiger partial charge in [-0.25, -0.2) is 18.1 Å². The number of benzene rings is 2. The molecule has 1 aliphatic carbocycles. The van der Waals surface area contributed by atoms with Crippen LogP contribution >= 0.6 is 11.6 Å². The summed E-state index contributed by atoms with van der Waals surface area (Å²) in [7, 11) is -3.86. The largest absolute Gasteiger partial charge is 0.493 e. The van der Waals surface area contributed by atoms with Crippen molar-refractivity contribution < 1.29 is 17.9 Å². The molecule has 36 heavy (non-hydrogen) atoms. The number of fused-ring (bicyclic) bond motifs is 1. The molecular weight excluding hydrogens is 498 g/mol. The second-order valence-electron chi connectivity index (χ2n) is 9.30. The van der Waals surface area contributed by atoms with E-state index in [1.807, 2.05) is 36.6 Å². The molecule has 1 aromatic heterocycles. The first-order valence-corrected chi connectivity index (χ1v) is 14.3. The lowest BCUT2D eigenvalue weighted by atomic mass is 10.1. The van der Waals surface area contributed by atoms with Gasteiger partial charge in [-0.05, 0) is 68.0 Å². The van der Waals surface area contributed by atoms with Crippen molar-refractivity contribution in [2.75, 3.05) is 6.61 Å². The molecule has 1 fully saturated rings. The summed E-state index contributed by atoms with van der Waals surface area (Å²) in [6.45, 7) is 5.00. The van der Waals surface area contributed by atoms with E-state index in [1.54, 1.807) is 18.2 Å². The Bertz CT molecular complexity index is 1380. The van der Waals surface area contributed by atoms with Crippen LogP contribution in [-0.2, 0) is 16.6 Å². The molecule has 2 aromatic carbocycles. The summed E-state index contributed by atoms with van der Waals surface area (Å²) < 4.78 is 34.4. The molecule has 0 atom stereocenters. The van der Waals surface area contributed by atoms with E-state index >= 15 is 0 Å². The molecule has 0 saturated heterocycles. The summed E-state index contributed by atoms with van der Waals surface area (Å²) in [5.74, 6) is 1.45. The Labute approximate surface area is 217 Å². The molecule has 0 unspecified atom stereocenters. The highest BCUT2D eigenvalue weighted by Crippen LogP contribution is 2.29. The van der Waals surface area contributed by atoms with Gasteiger partial charge in [0.15, 0.2) is 0 Å². The number of unbranched alkanes of at least 4 members (excludes halogenated alkanes) is 1. The van der Waals surface area contributed by atoms with Crippen LogP contribution in [0, 0.1) is 12.8 Å². The zero-order valence-electron chi connectivity index (χ0n) is 20.7. The highest BCUT2D eigenvalue weighted by atomic mass is 35.5. The number of sulfonamides is 1. The normalized spacial score (nSPS) is 14.6. The van der Waals surface area contributed by atoms with Crippen LogP contribution in [0.3, 0.4) is 0 Å². The number of carbonyl (C=O) groups is 1. The number of imidazole rings is 1. The molecule has 3 aromatic rings. The van der Waals surface area contributed by atoms with Crippen molar-refractivity contribution in [3.63, 3.8) is 0 Å². The zero-order valence-corrected chi connectivity index (χ0v) is 22.2. The summed E-state index contributed by atoms with van der Waals surface area (Å²) in [5.41, 5.74) is 2.56. The van der Waals surface area contributed by atoms with Gasteiger partial charge in [0, 0.05) is 16.0 Å². The number of halogens is 1. The first-order chi connectivity index (χ1) is 17.3. The Hall–Kier alpha value is -2.84. The lowest BCUT2D eigenvalue weighted by Gasteiger charge is -2.14. The molecule has 1 saturated carbocycles. The number of amides is 1. The number of aromatic nitrogens is 2. The number of rotatable bonds is 10. The highest BCUT2D eigenvalue weighted by molar-refractivity contribution is 7.92. The molecule has 1 heterocycles. The summed E-state index contributed by atoms with van der Waals surface area (Å²) >= 11 is 6.60. The second kappa shape index (κ2) is 11.5. The first kappa shape index (κ1) is 26.2. The smallest absolute Gasteiger partial charge is 0.265 e.